The smallest absolute Gasteiger partial charge is 0.150 e. The first-order valence-electron chi connectivity index (χ1n) is 4.87. The van der Waals surface area contributed by atoms with E-state index in [0.29, 0.717) is 22.7 Å². The molecular formula is C9H13ClN4O. The monoisotopic (exact) mass is 228 g/mol. The molecule has 0 aromatic carbocycles. The van der Waals surface area contributed by atoms with E-state index in [0.717, 1.165) is 26.1 Å². The Morgan fingerprint density at radius 2 is 2.13 bits per heavy atom. The summed E-state index contributed by atoms with van der Waals surface area (Å²) in [6.07, 6.45) is 3.32. The third-order valence-corrected chi connectivity index (χ3v) is 2.75. The summed E-state index contributed by atoms with van der Waals surface area (Å²) in [6.45, 7) is 1.55. The highest BCUT2D eigenvalue weighted by Gasteiger charge is 2.16. The molecule has 0 radical (unpaired) electrons. The highest BCUT2D eigenvalue weighted by molar-refractivity contribution is 6.35. The molecule has 3 N–H and O–H groups in total. The van der Waals surface area contributed by atoms with Crippen LogP contribution in [-0.4, -0.2) is 29.2 Å². The van der Waals surface area contributed by atoms with E-state index in [9.17, 15) is 0 Å². The Morgan fingerprint density at radius 1 is 1.40 bits per heavy atom. The minimum absolute atomic E-state index is 0.307. The summed E-state index contributed by atoms with van der Waals surface area (Å²) in [5.41, 5.74) is 5.58. The molecule has 2 heterocycles. The molecule has 0 unspecified atom stereocenters. The van der Waals surface area contributed by atoms with E-state index in [2.05, 4.69) is 15.3 Å². The van der Waals surface area contributed by atoms with Crippen molar-refractivity contribution in [3.8, 4) is 0 Å². The van der Waals surface area contributed by atoms with Gasteiger partial charge in [-0.25, -0.2) is 9.97 Å². The van der Waals surface area contributed by atoms with Crippen LogP contribution in [0.15, 0.2) is 6.33 Å². The molecule has 0 atom stereocenters. The molecule has 1 aromatic heterocycles. The zero-order valence-corrected chi connectivity index (χ0v) is 9.00. The number of hydrogen-bond donors (Lipinski definition) is 2. The van der Waals surface area contributed by atoms with Gasteiger partial charge in [-0.2, -0.15) is 0 Å². The molecule has 0 saturated carbocycles. The minimum atomic E-state index is 0.307. The number of rotatable bonds is 2. The lowest BCUT2D eigenvalue weighted by molar-refractivity contribution is 0.0904. The fraction of sp³-hybridized carbons (Fsp3) is 0.556. The normalized spacial score (nSPS) is 17.7. The number of nitrogens with zero attached hydrogens (tertiary/aromatic N) is 2. The SMILES string of the molecule is Nc1ncnc(NC2CCOCC2)c1Cl. The Kier molecular flexibility index (Phi) is 3.23. The molecule has 0 aliphatic carbocycles. The van der Waals surface area contributed by atoms with Crippen LogP contribution in [0.2, 0.25) is 5.02 Å². The maximum absolute atomic E-state index is 5.97. The second-order valence-corrected chi connectivity index (χ2v) is 3.83. The van der Waals surface area contributed by atoms with Gasteiger partial charge in [-0.05, 0) is 12.8 Å². The molecule has 15 heavy (non-hydrogen) atoms. The number of anilines is 2. The molecule has 5 nitrogen and oxygen atoms in total. The van der Waals surface area contributed by atoms with Crippen molar-refractivity contribution in [2.45, 2.75) is 18.9 Å². The van der Waals surface area contributed by atoms with E-state index in [4.69, 9.17) is 22.1 Å². The van der Waals surface area contributed by atoms with E-state index in [1.54, 1.807) is 0 Å². The molecule has 1 aliphatic rings. The first kappa shape index (κ1) is 10.4. The molecule has 6 heteroatoms. The van der Waals surface area contributed by atoms with Gasteiger partial charge >= 0.3 is 0 Å². The predicted molar refractivity (Wildman–Crippen MR) is 58.9 cm³/mol. The Morgan fingerprint density at radius 3 is 2.87 bits per heavy atom. The number of nitrogens with one attached hydrogen (secondary N) is 1. The Labute approximate surface area is 93.0 Å². The topological polar surface area (TPSA) is 73.1 Å². The summed E-state index contributed by atoms with van der Waals surface area (Å²) in [6, 6.07) is 0.352. The van der Waals surface area contributed by atoms with Crippen molar-refractivity contribution in [2.24, 2.45) is 0 Å². The zero-order valence-electron chi connectivity index (χ0n) is 8.24. The van der Waals surface area contributed by atoms with Crippen LogP contribution in [0.25, 0.3) is 0 Å². The van der Waals surface area contributed by atoms with Gasteiger partial charge in [0.15, 0.2) is 5.82 Å². The first-order chi connectivity index (χ1) is 7.27. The average Bonchev–Trinajstić information content (AvgIpc) is 2.26. The van der Waals surface area contributed by atoms with Gasteiger partial charge in [0.05, 0.1) is 0 Å². The van der Waals surface area contributed by atoms with Gasteiger partial charge < -0.3 is 15.8 Å². The lowest BCUT2D eigenvalue weighted by Crippen LogP contribution is -2.28. The Balaban J connectivity index is 2.06. The molecule has 1 aromatic rings. The van der Waals surface area contributed by atoms with Gasteiger partial charge in [-0.3, -0.25) is 0 Å². The van der Waals surface area contributed by atoms with Crippen molar-refractivity contribution in [1.82, 2.24) is 9.97 Å². The predicted octanol–water partition coefficient (Wildman–Crippen LogP) is 1.30. The van der Waals surface area contributed by atoms with Crippen molar-refractivity contribution in [3.05, 3.63) is 11.3 Å². The van der Waals surface area contributed by atoms with Crippen molar-refractivity contribution >= 4 is 23.2 Å². The maximum atomic E-state index is 5.97. The number of aromatic nitrogens is 2. The fourth-order valence-corrected chi connectivity index (χ4v) is 1.67. The van der Waals surface area contributed by atoms with Crippen molar-refractivity contribution in [1.29, 1.82) is 0 Å². The van der Waals surface area contributed by atoms with Gasteiger partial charge in [0.25, 0.3) is 0 Å². The molecule has 0 spiro atoms. The van der Waals surface area contributed by atoms with Gasteiger partial charge in [-0.1, -0.05) is 11.6 Å². The van der Waals surface area contributed by atoms with E-state index < -0.39 is 0 Å². The first-order valence-corrected chi connectivity index (χ1v) is 5.25. The van der Waals surface area contributed by atoms with Crippen LogP contribution >= 0.6 is 11.6 Å². The Hall–Kier alpha value is -1.07. The summed E-state index contributed by atoms with van der Waals surface area (Å²) in [5, 5.41) is 3.64. The molecule has 82 valence electrons. The van der Waals surface area contributed by atoms with Crippen LogP contribution in [0.3, 0.4) is 0 Å². The second-order valence-electron chi connectivity index (χ2n) is 3.45. The molecule has 2 rings (SSSR count). The second kappa shape index (κ2) is 4.63. The zero-order chi connectivity index (χ0) is 10.7. The number of ether oxygens (including phenoxy) is 1. The van der Waals surface area contributed by atoms with Crippen LogP contribution in [0.1, 0.15) is 12.8 Å². The van der Waals surface area contributed by atoms with Crippen LogP contribution in [0.5, 0.6) is 0 Å². The lowest BCUT2D eigenvalue weighted by Gasteiger charge is -2.23. The van der Waals surface area contributed by atoms with Gasteiger partial charge in [0.1, 0.15) is 17.2 Å². The summed E-state index contributed by atoms with van der Waals surface area (Å²) in [4.78, 5) is 7.86. The average molecular weight is 229 g/mol. The highest BCUT2D eigenvalue weighted by atomic mass is 35.5. The minimum Gasteiger partial charge on any atom is -0.382 e. The third kappa shape index (κ3) is 2.49. The van der Waals surface area contributed by atoms with Crippen molar-refractivity contribution in [3.63, 3.8) is 0 Å². The molecule has 1 fully saturated rings. The van der Waals surface area contributed by atoms with E-state index >= 15 is 0 Å². The standard InChI is InChI=1S/C9H13ClN4O/c10-7-8(11)12-5-13-9(7)14-6-1-3-15-4-2-6/h5-6H,1-4H2,(H3,11,12,13,14). The molecule has 1 saturated heterocycles. The largest absolute Gasteiger partial charge is 0.382 e. The number of nitrogen functional groups attached to an aromatic ring is 1. The van der Waals surface area contributed by atoms with E-state index in [1.165, 1.54) is 6.33 Å². The molecule has 1 aliphatic heterocycles. The summed E-state index contributed by atoms with van der Waals surface area (Å²) in [7, 11) is 0. The van der Waals surface area contributed by atoms with Gasteiger partial charge in [0, 0.05) is 19.3 Å². The maximum Gasteiger partial charge on any atom is 0.150 e. The van der Waals surface area contributed by atoms with E-state index in [1.807, 2.05) is 0 Å². The summed E-state index contributed by atoms with van der Waals surface area (Å²) < 4.78 is 5.26. The van der Waals surface area contributed by atoms with Crippen LogP contribution in [0.4, 0.5) is 11.6 Å². The summed E-state index contributed by atoms with van der Waals surface area (Å²) in [5.74, 6) is 0.914. The summed E-state index contributed by atoms with van der Waals surface area (Å²) >= 11 is 5.97. The Bertz CT molecular complexity index is 341. The fourth-order valence-electron chi connectivity index (χ4n) is 1.52. The molecular weight excluding hydrogens is 216 g/mol. The van der Waals surface area contributed by atoms with Crippen LogP contribution in [-0.2, 0) is 4.74 Å². The number of nitrogens with two attached hydrogens (primary N) is 1. The lowest BCUT2D eigenvalue weighted by atomic mass is 10.1. The third-order valence-electron chi connectivity index (χ3n) is 2.38. The molecule has 0 amide bonds. The number of hydrogen-bond acceptors (Lipinski definition) is 5. The van der Waals surface area contributed by atoms with Crippen LogP contribution < -0.4 is 11.1 Å². The number of halogens is 1. The highest BCUT2D eigenvalue weighted by Crippen LogP contribution is 2.25. The molecule has 0 bridgehead atoms. The van der Waals surface area contributed by atoms with E-state index in [-0.39, 0.29) is 0 Å². The van der Waals surface area contributed by atoms with Crippen LogP contribution in [0, 0.1) is 0 Å². The van der Waals surface area contributed by atoms with Gasteiger partial charge in [-0.15, -0.1) is 0 Å². The van der Waals surface area contributed by atoms with Crippen molar-refractivity contribution in [2.75, 3.05) is 24.3 Å². The van der Waals surface area contributed by atoms with Gasteiger partial charge in [0.2, 0.25) is 0 Å². The quantitative estimate of drug-likeness (QED) is 0.798. The van der Waals surface area contributed by atoms with Crippen molar-refractivity contribution < 1.29 is 4.74 Å².